The zero-order chi connectivity index (χ0) is 10.4. The van der Waals surface area contributed by atoms with Crippen LogP contribution in [0.2, 0.25) is 0 Å². The van der Waals surface area contributed by atoms with E-state index in [0.29, 0.717) is 11.3 Å². The van der Waals surface area contributed by atoms with E-state index in [-0.39, 0.29) is 18.2 Å². The molecule has 86 valence electrons. The number of rotatable bonds is 5. The van der Waals surface area contributed by atoms with Gasteiger partial charge in [-0.1, -0.05) is 18.2 Å². The maximum Gasteiger partial charge on any atom is 0.178 e. The van der Waals surface area contributed by atoms with Gasteiger partial charge < -0.3 is 18.1 Å². The van der Waals surface area contributed by atoms with Crippen LogP contribution >= 0.6 is 0 Å². The molecule has 1 aromatic carbocycles. The molecule has 0 bridgehead atoms. The Labute approximate surface area is 97.0 Å². The molecule has 0 amide bonds. The summed E-state index contributed by atoms with van der Waals surface area (Å²) in [5.74, 6) is 0.229. The minimum atomic E-state index is -3.06. The van der Waals surface area contributed by atoms with Crippen molar-refractivity contribution in [1.29, 1.82) is 0 Å². The van der Waals surface area contributed by atoms with Gasteiger partial charge in [-0.15, -0.1) is 0 Å². The molecule has 0 aliphatic carbocycles. The summed E-state index contributed by atoms with van der Waals surface area (Å²) in [5.41, 5.74) is 3.68. The third-order valence-corrected chi connectivity index (χ3v) is 3.83. The van der Waals surface area contributed by atoms with Crippen molar-refractivity contribution in [3.8, 4) is 0 Å². The molecule has 3 nitrogen and oxygen atoms in total. The highest BCUT2D eigenvalue weighted by molar-refractivity contribution is 7.91. The predicted molar refractivity (Wildman–Crippen MR) is 55.5 cm³/mol. The Morgan fingerprint density at radius 1 is 1.07 bits per heavy atom. The first-order chi connectivity index (χ1) is 6.67. The summed E-state index contributed by atoms with van der Waals surface area (Å²) in [6.45, 7) is 0.796. The van der Waals surface area contributed by atoms with Crippen LogP contribution in [-0.4, -0.2) is 20.7 Å². The fourth-order valence-corrected chi connectivity index (χ4v) is 2.61. The Morgan fingerprint density at radius 3 is 2.20 bits per heavy atom. The van der Waals surface area contributed by atoms with Gasteiger partial charge in [0.2, 0.25) is 0 Å². The van der Waals surface area contributed by atoms with Gasteiger partial charge >= 0.3 is 0 Å². The molecule has 0 saturated heterocycles. The van der Waals surface area contributed by atoms with Crippen molar-refractivity contribution < 1.29 is 26.6 Å². The van der Waals surface area contributed by atoms with Crippen molar-refractivity contribution in [1.82, 2.24) is 0 Å². The Morgan fingerprint density at radius 2 is 1.67 bits per heavy atom. The summed E-state index contributed by atoms with van der Waals surface area (Å²) >= 11 is 0. The van der Waals surface area contributed by atoms with Crippen molar-refractivity contribution in [2.45, 2.75) is 17.7 Å². The number of halogens is 1. The van der Waals surface area contributed by atoms with Gasteiger partial charge in [0.25, 0.3) is 0 Å². The van der Waals surface area contributed by atoms with Crippen LogP contribution in [0, 0.1) is 0 Å². The van der Waals surface area contributed by atoms with Crippen LogP contribution in [0.4, 0.5) is 0 Å². The first kappa shape index (κ1) is 14.4. The minimum absolute atomic E-state index is 0. The lowest BCUT2D eigenvalue weighted by Crippen LogP contribution is -3.00. The molecule has 1 aromatic rings. The average molecular weight is 250 g/mol. The molecule has 15 heavy (non-hydrogen) atoms. The number of hydrogen-bond acceptors (Lipinski definition) is 2. The first-order valence-corrected chi connectivity index (χ1v) is 6.39. The molecule has 0 radical (unpaired) electrons. The summed E-state index contributed by atoms with van der Waals surface area (Å²) in [6.07, 6.45) is 1.56. The molecular weight excluding hydrogens is 234 g/mol. The standard InChI is InChI=1S/C10H15NO2S.ClH/c11-8-4-5-9-14(12,13)10-6-2-1-3-7-10;/h1-3,6-7H,4-5,8-9,11H2;1H. The fraction of sp³-hybridized carbons (Fsp3) is 0.400. The van der Waals surface area contributed by atoms with E-state index in [9.17, 15) is 8.42 Å². The lowest BCUT2D eigenvalue weighted by atomic mass is 10.3. The van der Waals surface area contributed by atoms with Crippen LogP contribution in [0.25, 0.3) is 0 Å². The molecule has 0 saturated carbocycles. The minimum Gasteiger partial charge on any atom is -1.00 e. The van der Waals surface area contributed by atoms with Gasteiger partial charge in [-0.3, -0.25) is 0 Å². The molecular formula is C10H16ClNO2S. The van der Waals surface area contributed by atoms with E-state index >= 15 is 0 Å². The number of sulfone groups is 1. The van der Waals surface area contributed by atoms with E-state index in [1.54, 1.807) is 24.3 Å². The van der Waals surface area contributed by atoms with Crippen molar-refractivity contribution in [2.24, 2.45) is 0 Å². The zero-order valence-electron chi connectivity index (χ0n) is 8.52. The van der Waals surface area contributed by atoms with Gasteiger partial charge in [0.1, 0.15) is 0 Å². The molecule has 0 unspecified atom stereocenters. The van der Waals surface area contributed by atoms with Gasteiger partial charge in [-0.25, -0.2) is 8.42 Å². The monoisotopic (exact) mass is 249 g/mol. The van der Waals surface area contributed by atoms with Gasteiger partial charge in [-0.2, -0.15) is 0 Å². The van der Waals surface area contributed by atoms with Crippen LogP contribution in [0.3, 0.4) is 0 Å². The van der Waals surface area contributed by atoms with Crippen LogP contribution in [0.15, 0.2) is 35.2 Å². The molecule has 0 fully saturated rings. The SMILES string of the molecule is [Cl-].[NH3+]CCCCS(=O)(=O)c1ccccc1. The summed E-state index contributed by atoms with van der Waals surface area (Å²) in [5, 5.41) is 0. The van der Waals surface area contributed by atoms with Crippen molar-refractivity contribution in [2.75, 3.05) is 12.3 Å². The summed E-state index contributed by atoms with van der Waals surface area (Å²) in [4.78, 5) is 0.420. The van der Waals surface area contributed by atoms with E-state index in [1.807, 2.05) is 6.07 Å². The topological polar surface area (TPSA) is 61.8 Å². The van der Waals surface area contributed by atoms with Gasteiger partial charge in [0.05, 0.1) is 17.2 Å². The summed E-state index contributed by atoms with van der Waals surface area (Å²) in [6, 6.07) is 8.58. The molecule has 0 heterocycles. The Balaban J connectivity index is 0.00000196. The number of quaternary nitrogens is 1. The second-order valence-corrected chi connectivity index (χ2v) is 5.30. The smallest absolute Gasteiger partial charge is 0.178 e. The highest BCUT2D eigenvalue weighted by atomic mass is 35.5. The molecule has 1 rings (SSSR count). The molecule has 5 heteroatoms. The normalized spacial score (nSPS) is 10.7. The number of unbranched alkanes of at least 4 members (excludes halogenated alkanes) is 1. The van der Waals surface area contributed by atoms with E-state index in [4.69, 9.17) is 0 Å². The van der Waals surface area contributed by atoms with Crippen molar-refractivity contribution in [3.63, 3.8) is 0 Å². The van der Waals surface area contributed by atoms with Gasteiger partial charge in [0.15, 0.2) is 9.84 Å². The first-order valence-electron chi connectivity index (χ1n) is 4.74. The molecule has 0 spiro atoms. The highest BCUT2D eigenvalue weighted by Crippen LogP contribution is 2.11. The molecule has 3 N–H and O–H groups in total. The number of hydrogen-bond donors (Lipinski definition) is 1. The van der Waals surface area contributed by atoms with Crippen LogP contribution in [0.5, 0.6) is 0 Å². The second kappa shape index (κ2) is 6.82. The summed E-state index contributed by atoms with van der Waals surface area (Å²) < 4.78 is 23.4. The zero-order valence-corrected chi connectivity index (χ0v) is 10.1. The van der Waals surface area contributed by atoms with Crippen molar-refractivity contribution >= 4 is 9.84 Å². The lowest BCUT2D eigenvalue weighted by molar-refractivity contribution is -0.368. The van der Waals surface area contributed by atoms with Crippen LogP contribution in [0.1, 0.15) is 12.8 Å². The third-order valence-electron chi connectivity index (χ3n) is 2.02. The van der Waals surface area contributed by atoms with E-state index in [1.165, 1.54) is 0 Å². The highest BCUT2D eigenvalue weighted by Gasteiger charge is 2.12. The number of benzene rings is 1. The van der Waals surface area contributed by atoms with Crippen molar-refractivity contribution in [3.05, 3.63) is 30.3 Å². The van der Waals surface area contributed by atoms with Crippen LogP contribution < -0.4 is 18.1 Å². The molecule has 0 aromatic heterocycles. The van der Waals surface area contributed by atoms with Gasteiger partial charge in [-0.05, 0) is 25.0 Å². The lowest BCUT2D eigenvalue weighted by Gasteiger charge is -2.02. The quantitative estimate of drug-likeness (QED) is 0.586. The largest absolute Gasteiger partial charge is 1.00 e. The van der Waals surface area contributed by atoms with E-state index in [2.05, 4.69) is 5.73 Å². The third kappa shape index (κ3) is 4.64. The van der Waals surface area contributed by atoms with Crippen LogP contribution in [-0.2, 0) is 9.84 Å². The second-order valence-electron chi connectivity index (χ2n) is 3.19. The maximum absolute atomic E-state index is 11.7. The van der Waals surface area contributed by atoms with E-state index < -0.39 is 9.84 Å². The predicted octanol–water partition coefficient (Wildman–Crippen LogP) is -2.51. The average Bonchev–Trinajstić information content (AvgIpc) is 2.19. The summed E-state index contributed by atoms with van der Waals surface area (Å²) in [7, 11) is -3.06. The Hall–Kier alpha value is -0.580. The Bertz CT molecular complexity index is 364. The maximum atomic E-state index is 11.7. The Kier molecular flexibility index (Phi) is 6.56. The molecule has 0 aliphatic rings. The van der Waals surface area contributed by atoms with Gasteiger partial charge in [0, 0.05) is 0 Å². The molecule has 0 atom stereocenters. The molecule has 0 aliphatic heterocycles. The van der Waals surface area contributed by atoms with E-state index in [0.717, 1.165) is 13.0 Å². The fourth-order valence-electron chi connectivity index (χ4n) is 1.21.